The summed E-state index contributed by atoms with van der Waals surface area (Å²) in [7, 11) is 0. The van der Waals surface area contributed by atoms with Crippen molar-refractivity contribution in [3.63, 3.8) is 0 Å². The molecule has 10 heteroatoms. The third-order valence-electron chi connectivity index (χ3n) is 4.42. The van der Waals surface area contributed by atoms with E-state index in [4.69, 9.17) is 16.6 Å². The molecule has 3 rings (SSSR count). The van der Waals surface area contributed by atoms with Crippen molar-refractivity contribution in [1.82, 2.24) is 0 Å². The summed E-state index contributed by atoms with van der Waals surface area (Å²) in [4.78, 5) is 28.2. The van der Waals surface area contributed by atoms with Gasteiger partial charge in [-0.3, -0.25) is 9.59 Å². The molecule has 1 aliphatic heterocycles. The van der Waals surface area contributed by atoms with Gasteiger partial charge in [0.05, 0.1) is 30.2 Å². The van der Waals surface area contributed by atoms with Gasteiger partial charge >= 0.3 is 6.18 Å². The molecule has 1 fully saturated rings. The lowest BCUT2D eigenvalue weighted by atomic mass is 10.0. The highest BCUT2D eigenvalue weighted by Crippen LogP contribution is 2.40. The van der Waals surface area contributed by atoms with Crippen LogP contribution in [-0.2, 0) is 15.8 Å². The van der Waals surface area contributed by atoms with E-state index in [-0.39, 0.29) is 5.75 Å². The van der Waals surface area contributed by atoms with Gasteiger partial charge in [0.2, 0.25) is 5.91 Å². The van der Waals surface area contributed by atoms with Gasteiger partial charge in [0.25, 0.3) is 5.91 Å². The molecule has 0 radical (unpaired) electrons. The second-order valence-electron chi connectivity index (χ2n) is 6.48. The number of halogens is 3. The van der Waals surface area contributed by atoms with Crippen molar-refractivity contribution in [3.8, 4) is 11.8 Å². The first kappa shape index (κ1) is 20.8. The predicted molar refractivity (Wildman–Crippen MR) is 96.4 cm³/mol. The molecular formula is C20H12F3N3O4. The number of aliphatic hydroxyl groups is 1. The summed E-state index contributed by atoms with van der Waals surface area (Å²) in [5.74, 6) is -1.82. The van der Waals surface area contributed by atoms with E-state index >= 15 is 0 Å². The summed E-state index contributed by atoms with van der Waals surface area (Å²) in [6, 6.07) is 10.1. The van der Waals surface area contributed by atoms with E-state index in [1.165, 1.54) is 24.3 Å². The van der Waals surface area contributed by atoms with Gasteiger partial charge in [-0.1, -0.05) is 6.07 Å². The SMILES string of the molecule is [C-]#[N+]c1ccc(N2C(=O)CC(O)(COc3ccc(C#N)cc3)C2=O)cc1C(F)(F)F. The highest BCUT2D eigenvalue weighted by molar-refractivity contribution is 6.24. The lowest BCUT2D eigenvalue weighted by Gasteiger charge is -2.22. The Morgan fingerprint density at radius 3 is 2.47 bits per heavy atom. The summed E-state index contributed by atoms with van der Waals surface area (Å²) in [5, 5.41) is 19.4. The Hall–Kier alpha value is -3.89. The maximum atomic E-state index is 13.2. The molecule has 2 amide bonds. The van der Waals surface area contributed by atoms with Crippen molar-refractivity contribution in [3.05, 3.63) is 65.0 Å². The molecule has 152 valence electrons. The van der Waals surface area contributed by atoms with Crippen LogP contribution in [0.2, 0.25) is 0 Å². The summed E-state index contributed by atoms with van der Waals surface area (Å²) in [5.41, 5.74) is -4.28. The zero-order valence-corrected chi connectivity index (χ0v) is 15.1. The van der Waals surface area contributed by atoms with E-state index in [0.29, 0.717) is 16.5 Å². The van der Waals surface area contributed by atoms with Gasteiger partial charge in [0.1, 0.15) is 12.4 Å². The fraction of sp³-hybridized carbons (Fsp3) is 0.200. The fourth-order valence-corrected chi connectivity index (χ4v) is 2.92. The Balaban J connectivity index is 1.85. The van der Waals surface area contributed by atoms with Crippen LogP contribution in [0.4, 0.5) is 24.5 Å². The molecule has 0 aromatic heterocycles. The number of alkyl halides is 3. The molecule has 0 bridgehead atoms. The molecular weight excluding hydrogens is 403 g/mol. The van der Waals surface area contributed by atoms with E-state index in [1.54, 1.807) is 0 Å². The molecule has 7 nitrogen and oxygen atoms in total. The molecule has 2 aromatic carbocycles. The molecule has 1 saturated heterocycles. The number of hydrogen-bond donors (Lipinski definition) is 1. The number of anilines is 1. The topological polar surface area (TPSA) is 95.0 Å². The second-order valence-corrected chi connectivity index (χ2v) is 6.48. The average molecular weight is 415 g/mol. The van der Waals surface area contributed by atoms with E-state index in [0.717, 1.165) is 12.1 Å². The Kier molecular flexibility index (Phi) is 5.21. The quantitative estimate of drug-likeness (QED) is 0.611. The van der Waals surface area contributed by atoms with Crippen LogP contribution >= 0.6 is 0 Å². The maximum absolute atomic E-state index is 13.2. The zero-order chi connectivity index (χ0) is 22.1. The highest BCUT2D eigenvalue weighted by Gasteiger charge is 2.52. The van der Waals surface area contributed by atoms with Crippen LogP contribution in [0.5, 0.6) is 5.75 Å². The number of benzene rings is 2. The standard InChI is InChI=1S/C20H12F3N3O4/c1-25-16-7-4-13(8-15(16)20(21,22)23)26-17(27)9-19(29,18(26)28)11-30-14-5-2-12(10-24)3-6-14/h2-8,29H,9,11H2. The average Bonchev–Trinajstić information content (AvgIpc) is 2.94. The Morgan fingerprint density at radius 1 is 1.23 bits per heavy atom. The molecule has 30 heavy (non-hydrogen) atoms. The Morgan fingerprint density at radius 2 is 1.90 bits per heavy atom. The summed E-state index contributed by atoms with van der Waals surface area (Å²) in [6.45, 7) is 6.23. The van der Waals surface area contributed by atoms with Crippen LogP contribution in [0, 0.1) is 17.9 Å². The Labute approximate surface area is 168 Å². The number of carbonyl (C=O) groups excluding carboxylic acids is 2. The van der Waals surface area contributed by atoms with Crippen LogP contribution in [0.1, 0.15) is 17.5 Å². The lowest BCUT2D eigenvalue weighted by Crippen LogP contribution is -2.45. The number of amides is 2. The van der Waals surface area contributed by atoms with Crippen molar-refractivity contribution in [2.75, 3.05) is 11.5 Å². The molecule has 1 unspecified atom stereocenters. The van der Waals surface area contributed by atoms with Gasteiger partial charge in [-0.15, -0.1) is 0 Å². The van der Waals surface area contributed by atoms with Crippen molar-refractivity contribution in [1.29, 1.82) is 5.26 Å². The van der Waals surface area contributed by atoms with Crippen molar-refractivity contribution in [2.45, 2.75) is 18.2 Å². The van der Waals surface area contributed by atoms with E-state index in [2.05, 4.69) is 4.85 Å². The minimum Gasteiger partial charge on any atom is -0.490 e. The number of rotatable bonds is 4. The predicted octanol–water partition coefficient (Wildman–Crippen LogP) is 3.20. The number of hydrogen-bond acceptors (Lipinski definition) is 5. The minimum absolute atomic E-state index is 0.224. The maximum Gasteiger partial charge on any atom is 0.407 e. The number of ether oxygens (including phenoxy) is 1. The van der Waals surface area contributed by atoms with Crippen molar-refractivity contribution >= 4 is 23.2 Å². The summed E-state index contributed by atoms with van der Waals surface area (Å²) in [6.07, 6.45) is -5.55. The first-order chi connectivity index (χ1) is 14.1. The number of carbonyl (C=O) groups is 2. The molecule has 1 atom stereocenters. The molecule has 1 aliphatic rings. The Bertz CT molecular complexity index is 1100. The molecule has 2 aromatic rings. The van der Waals surface area contributed by atoms with Gasteiger partial charge < -0.3 is 9.84 Å². The normalized spacial score (nSPS) is 18.8. The van der Waals surface area contributed by atoms with Crippen LogP contribution < -0.4 is 9.64 Å². The molecule has 1 heterocycles. The fourth-order valence-electron chi connectivity index (χ4n) is 2.92. The van der Waals surface area contributed by atoms with Gasteiger partial charge in [-0.05, 0) is 36.4 Å². The second kappa shape index (κ2) is 7.50. The van der Waals surface area contributed by atoms with Gasteiger partial charge in [-0.2, -0.15) is 18.4 Å². The first-order valence-corrected chi connectivity index (χ1v) is 8.40. The molecule has 1 N–H and O–H groups in total. The lowest BCUT2D eigenvalue weighted by molar-refractivity contribution is -0.137. The first-order valence-electron chi connectivity index (χ1n) is 8.40. The van der Waals surface area contributed by atoms with E-state index in [9.17, 15) is 27.9 Å². The largest absolute Gasteiger partial charge is 0.490 e. The number of nitrogens with zero attached hydrogens (tertiary/aromatic N) is 3. The minimum atomic E-state index is -4.86. The highest BCUT2D eigenvalue weighted by atomic mass is 19.4. The van der Waals surface area contributed by atoms with Gasteiger partial charge in [0, 0.05) is 5.69 Å². The molecule has 0 aliphatic carbocycles. The summed E-state index contributed by atoms with van der Waals surface area (Å²) >= 11 is 0. The van der Waals surface area contributed by atoms with Crippen LogP contribution in [-0.4, -0.2) is 29.1 Å². The third-order valence-corrected chi connectivity index (χ3v) is 4.42. The van der Waals surface area contributed by atoms with Gasteiger partial charge in [0.15, 0.2) is 11.3 Å². The summed E-state index contributed by atoms with van der Waals surface area (Å²) < 4.78 is 44.9. The number of nitriles is 1. The van der Waals surface area contributed by atoms with Crippen molar-refractivity contribution in [2.24, 2.45) is 0 Å². The third kappa shape index (κ3) is 3.81. The number of imide groups is 1. The van der Waals surface area contributed by atoms with E-state index < -0.39 is 53.6 Å². The van der Waals surface area contributed by atoms with E-state index in [1.807, 2.05) is 6.07 Å². The smallest absolute Gasteiger partial charge is 0.407 e. The van der Waals surface area contributed by atoms with Crippen LogP contribution in [0.15, 0.2) is 42.5 Å². The molecule has 0 saturated carbocycles. The monoisotopic (exact) mass is 415 g/mol. The van der Waals surface area contributed by atoms with Crippen LogP contribution in [0.25, 0.3) is 4.85 Å². The zero-order valence-electron chi connectivity index (χ0n) is 15.1. The van der Waals surface area contributed by atoms with Crippen LogP contribution in [0.3, 0.4) is 0 Å². The van der Waals surface area contributed by atoms with Crippen molar-refractivity contribution < 1.29 is 32.6 Å². The van der Waals surface area contributed by atoms with Gasteiger partial charge in [-0.25, -0.2) is 9.74 Å². The molecule has 0 spiro atoms.